The van der Waals surface area contributed by atoms with E-state index in [1.807, 2.05) is 0 Å². The largest absolute Gasteiger partial charge is 0.481 e. The number of carbonyl (C=O) groups excluding carboxylic acids is 1. The molecule has 0 saturated carbocycles. The fourth-order valence-electron chi connectivity index (χ4n) is 3.46. The Morgan fingerprint density at radius 3 is 2.67 bits per heavy atom. The van der Waals surface area contributed by atoms with E-state index in [9.17, 15) is 18.4 Å². The molecule has 1 fully saturated rings. The molecule has 6 nitrogen and oxygen atoms in total. The van der Waals surface area contributed by atoms with Crippen LogP contribution in [0.2, 0.25) is 0 Å². The number of carbonyl (C=O) groups is 2. The maximum Gasteiger partial charge on any atom is 0.303 e. The lowest BCUT2D eigenvalue weighted by Crippen LogP contribution is -2.40. The summed E-state index contributed by atoms with van der Waals surface area (Å²) in [7, 11) is 0. The van der Waals surface area contributed by atoms with Gasteiger partial charge in [-0.25, -0.2) is 13.5 Å². The SMILES string of the molecule is Cc1cn(-c2c(F)cccc2F)nc1C(=O)N1CCCC(CCC(=O)O)C1. The van der Waals surface area contributed by atoms with Crippen molar-refractivity contribution >= 4 is 11.9 Å². The van der Waals surface area contributed by atoms with E-state index in [2.05, 4.69) is 5.10 Å². The predicted molar refractivity (Wildman–Crippen MR) is 93.7 cm³/mol. The zero-order valence-electron chi connectivity index (χ0n) is 15.0. The Morgan fingerprint density at radius 1 is 1.30 bits per heavy atom. The number of aryl methyl sites for hydroxylation is 1. The number of nitrogens with zero attached hydrogens (tertiary/aromatic N) is 3. The third-order valence-corrected chi connectivity index (χ3v) is 4.84. The maximum atomic E-state index is 14.0. The smallest absolute Gasteiger partial charge is 0.303 e. The summed E-state index contributed by atoms with van der Waals surface area (Å²) < 4.78 is 29.0. The normalized spacial score (nSPS) is 17.1. The van der Waals surface area contributed by atoms with Crippen LogP contribution in [-0.4, -0.2) is 44.8 Å². The first-order valence-electron chi connectivity index (χ1n) is 8.88. The minimum Gasteiger partial charge on any atom is -0.481 e. The van der Waals surface area contributed by atoms with Crippen molar-refractivity contribution < 1.29 is 23.5 Å². The number of rotatable bonds is 5. The van der Waals surface area contributed by atoms with Crippen LogP contribution in [-0.2, 0) is 4.79 Å². The summed E-state index contributed by atoms with van der Waals surface area (Å²) in [5, 5.41) is 13.0. The molecule has 1 unspecified atom stereocenters. The molecule has 1 atom stereocenters. The summed E-state index contributed by atoms with van der Waals surface area (Å²) in [4.78, 5) is 25.3. The molecule has 2 heterocycles. The Morgan fingerprint density at radius 2 is 2.00 bits per heavy atom. The van der Waals surface area contributed by atoms with Crippen LogP contribution >= 0.6 is 0 Å². The van der Waals surface area contributed by atoms with Crippen LogP contribution in [0.3, 0.4) is 0 Å². The number of hydrogen-bond donors (Lipinski definition) is 1. The number of carboxylic acid groups (broad SMARTS) is 1. The Hall–Kier alpha value is -2.77. The molecule has 144 valence electrons. The lowest BCUT2D eigenvalue weighted by atomic mass is 9.93. The number of benzene rings is 1. The molecule has 1 saturated heterocycles. The molecule has 8 heteroatoms. The molecule has 0 spiro atoms. The van der Waals surface area contributed by atoms with Crippen LogP contribution in [0.25, 0.3) is 5.69 Å². The first kappa shape index (κ1) is 19.0. The van der Waals surface area contributed by atoms with Crippen LogP contribution < -0.4 is 0 Å². The number of amides is 1. The van der Waals surface area contributed by atoms with Crippen LogP contribution in [0.5, 0.6) is 0 Å². The highest BCUT2D eigenvalue weighted by molar-refractivity contribution is 5.93. The van der Waals surface area contributed by atoms with Gasteiger partial charge in [-0.2, -0.15) is 5.10 Å². The zero-order chi connectivity index (χ0) is 19.6. The van der Waals surface area contributed by atoms with Crippen molar-refractivity contribution in [3.8, 4) is 5.69 Å². The van der Waals surface area contributed by atoms with Crippen molar-refractivity contribution in [3.63, 3.8) is 0 Å². The van der Waals surface area contributed by atoms with Crippen molar-refractivity contribution in [1.29, 1.82) is 0 Å². The van der Waals surface area contributed by atoms with Gasteiger partial charge in [-0.05, 0) is 44.2 Å². The molecule has 0 radical (unpaired) electrons. The van der Waals surface area contributed by atoms with Gasteiger partial charge in [-0.15, -0.1) is 0 Å². The van der Waals surface area contributed by atoms with Crippen LogP contribution in [0, 0.1) is 24.5 Å². The van der Waals surface area contributed by atoms with Gasteiger partial charge in [0.25, 0.3) is 5.91 Å². The summed E-state index contributed by atoms with van der Waals surface area (Å²) in [6.45, 7) is 2.69. The van der Waals surface area contributed by atoms with Gasteiger partial charge in [0.1, 0.15) is 5.69 Å². The predicted octanol–water partition coefficient (Wildman–Crippen LogP) is 3.18. The number of aliphatic carboxylic acids is 1. The lowest BCUT2D eigenvalue weighted by Gasteiger charge is -2.32. The molecule has 0 bridgehead atoms. The highest BCUT2D eigenvalue weighted by Crippen LogP contribution is 2.24. The van der Waals surface area contributed by atoms with Crippen molar-refractivity contribution in [2.45, 2.75) is 32.6 Å². The van der Waals surface area contributed by atoms with E-state index in [1.54, 1.807) is 11.8 Å². The second kappa shape index (κ2) is 7.85. The molecule has 1 aliphatic heterocycles. The molecule has 3 rings (SSSR count). The van der Waals surface area contributed by atoms with Gasteiger partial charge in [-0.3, -0.25) is 9.59 Å². The summed E-state index contributed by atoms with van der Waals surface area (Å²) >= 11 is 0. The molecule has 2 aromatic rings. The molecule has 1 amide bonds. The van der Waals surface area contributed by atoms with E-state index in [0.29, 0.717) is 25.1 Å². The fourth-order valence-corrected chi connectivity index (χ4v) is 3.46. The summed E-state index contributed by atoms with van der Waals surface area (Å²) in [6, 6.07) is 3.53. The molecule has 1 aliphatic rings. The number of para-hydroxylation sites is 1. The van der Waals surface area contributed by atoms with Crippen molar-refractivity contribution in [2.75, 3.05) is 13.1 Å². The minimum absolute atomic E-state index is 0.0763. The molecule has 0 aliphatic carbocycles. The second-order valence-corrected chi connectivity index (χ2v) is 6.87. The van der Waals surface area contributed by atoms with E-state index >= 15 is 0 Å². The first-order valence-corrected chi connectivity index (χ1v) is 8.88. The molecule has 27 heavy (non-hydrogen) atoms. The van der Waals surface area contributed by atoms with Crippen LogP contribution in [0.1, 0.15) is 41.7 Å². The van der Waals surface area contributed by atoms with E-state index in [1.165, 1.54) is 12.3 Å². The highest BCUT2D eigenvalue weighted by atomic mass is 19.1. The van der Waals surface area contributed by atoms with Gasteiger partial charge in [-0.1, -0.05) is 6.07 Å². The number of aromatic nitrogens is 2. The standard InChI is InChI=1S/C19H21F2N3O3/c1-12-10-24(18-14(20)5-2-6-15(18)21)22-17(12)19(27)23-9-3-4-13(11-23)7-8-16(25)26/h2,5-6,10,13H,3-4,7-9,11H2,1H3,(H,25,26). The number of likely N-dealkylation sites (tertiary alicyclic amines) is 1. The monoisotopic (exact) mass is 377 g/mol. The van der Waals surface area contributed by atoms with E-state index in [-0.39, 0.29) is 29.6 Å². The Kier molecular flexibility index (Phi) is 5.53. The number of piperidine rings is 1. The Bertz CT molecular complexity index is 846. The van der Waals surface area contributed by atoms with Crippen molar-refractivity contribution in [2.24, 2.45) is 5.92 Å². The third-order valence-electron chi connectivity index (χ3n) is 4.84. The van der Waals surface area contributed by atoms with Crippen LogP contribution in [0.4, 0.5) is 8.78 Å². The fraction of sp³-hybridized carbons (Fsp3) is 0.421. The Labute approximate surface area is 155 Å². The summed E-state index contributed by atoms with van der Waals surface area (Å²) in [5.41, 5.74) is 0.351. The van der Waals surface area contributed by atoms with Crippen LogP contribution in [0.15, 0.2) is 24.4 Å². The number of hydrogen-bond acceptors (Lipinski definition) is 3. The number of carboxylic acids is 1. The van der Waals surface area contributed by atoms with Gasteiger partial charge < -0.3 is 10.0 Å². The van der Waals surface area contributed by atoms with E-state index in [4.69, 9.17) is 5.11 Å². The topological polar surface area (TPSA) is 75.4 Å². The second-order valence-electron chi connectivity index (χ2n) is 6.87. The molecular formula is C19H21F2N3O3. The maximum absolute atomic E-state index is 14.0. The van der Waals surface area contributed by atoms with Crippen molar-refractivity contribution in [3.05, 3.63) is 47.3 Å². The van der Waals surface area contributed by atoms with E-state index < -0.39 is 17.6 Å². The summed E-state index contributed by atoms with van der Waals surface area (Å²) in [5.74, 6) is -2.54. The average Bonchev–Trinajstić information content (AvgIpc) is 3.00. The molecule has 1 aromatic heterocycles. The molecular weight excluding hydrogens is 356 g/mol. The minimum atomic E-state index is -0.847. The van der Waals surface area contributed by atoms with Gasteiger partial charge >= 0.3 is 5.97 Å². The lowest BCUT2D eigenvalue weighted by molar-refractivity contribution is -0.137. The first-order chi connectivity index (χ1) is 12.9. The average molecular weight is 377 g/mol. The zero-order valence-corrected chi connectivity index (χ0v) is 15.0. The van der Waals surface area contributed by atoms with Gasteiger partial charge in [0.15, 0.2) is 17.3 Å². The molecule has 1 aromatic carbocycles. The summed E-state index contributed by atoms with van der Waals surface area (Å²) in [6.07, 6.45) is 3.70. The van der Waals surface area contributed by atoms with Gasteiger partial charge in [0, 0.05) is 31.3 Å². The van der Waals surface area contributed by atoms with Crippen molar-refractivity contribution in [1.82, 2.24) is 14.7 Å². The molecule has 1 N–H and O–H groups in total. The van der Waals surface area contributed by atoms with E-state index in [0.717, 1.165) is 29.7 Å². The number of halogens is 2. The van der Waals surface area contributed by atoms with Gasteiger partial charge in [0.2, 0.25) is 0 Å². The Balaban J connectivity index is 1.79. The highest BCUT2D eigenvalue weighted by Gasteiger charge is 2.28. The quantitative estimate of drug-likeness (QED) is 0.868. The third kappa shape index (κ3) is 4.15. The van der Waals surface area contributed by atoms with Gasteiger partial charge in [0.05, 0.1) is 0 Å².